The van der Waals surface area contributed by atoms with Gasteiger partial charge in [0.05, 0.1) is 6.61 Å². The van der Waals surface area contributed by atoms with Crippen molar-refractivity contribution in [3.8, 4) is 5.75 Å². The zero-order chi connectivity index (χ0) is 22.9. The van der Waals surface area contributed by atoms with Crippen molar-refractivity contribution >= 4 is 23.6 Å². The third kappa shape index (κ3) is 8.77. The predicted octanol–water partition coefficient (Wildman–Crippen LogP) is 3.48. The number of benzene rings is 2. The van der Waals surface area contributed by atoms with Crippen LogP contribution >= 0.6 is 0 Å². The molecule has 0 atom stereocenters. The van der Waals surface area contributed by atoms with Crippen LogP contribution in [0.1, 0.15) is 43.6 Å². The summed E-state index contributed by atoms with van der Waals surface area (Å²) >= 11 is 0. The molecule has 2 rings (SSSR count). The lowest BCUT2D eigenvalue weighted by molar-refractivity contribution is -0.120. The molecule has 166 valence electrons. The van der Waals surface area contributed by atoms with E-state index in [9.17, 15) is 14.4 Å². The van der Waals surface area contributed by atoms with Crippen LogP contribution in [0.15, 0.2) is 48.5 Å². The minimum atomic E-state index is -0.651. The summed E-state index contributed by atoms with van der Waals surface area (Å²) in [5.74, 6) is 0.110. The van der Waals surface area contributed by atoms with Crippen LogP contribution in [0, 0.1) is 0 Å². The second-order valence-electron chi connectivity index (χ2n) is 7.74. The van der Waals surface area contributed by atoms with E-state index in [-0.39, 0.29) is 24.9 Å². The SMILES string of the molecule is CCOc1ccc(C(=O)Nc2cccc(CNC(=O)CNC(=O)OC(C)(C)C)c2)cc1. The molecule has 0 unspecified atom stereocenters. The maximum Gasteiger partial charge on any atom is 0.408 e. The molecule has 0 aliphatic heterocycles. The van der Waals surface area contributed by atoms with Gasteiger partial charge >= 0.3 is 6.09 Å². The van der Waals surface area contributed by atoms with Crippen molar-refractivity contribution in [2.75, 3.05) is 18.5 Å². The van der Waals surface area contributed by atoms with E-state index in [1.807, 2.05) is 13.0 Å². The highest BCUT2D eigenvalue weighted by atomic mass is 16.6. The zero-order valence-electron chi connectivity index (χ0n) is 18.3. The van der Waals surface area contributed by atoms with Crippen molar-refractivity contribution in [1.29, 1.82) is 0 Å². The topological polar surface area (TPSA) is 106 Å². The van der Waals surface area contributed by atoms with Gasteiger partial charge in [0.1, 0.15) is 17.9 Å². The molecule has 0 heterocycles. The average Bonchev–Trinajstić information content (AvgIpc) is 2.70. The Morgan fingerprint density at radius 2 is 1.68 bits per heavy atom. The summed E-state index contributed by atoms with van der Waals surface area (Å²) in [6, 6.07) is 14.0. The summed E-state index contributed by atoms with van der Waals surface area (Å²) in [5.41, 5.74) is 1.29. The van der Waals surface area contributed by atoms with Crippen molar-refractivity contribution in [2.24, 2.45) is 0 Å². The molecule has 0 saturated heterocycles. The number of nitrogens with one attached hydrogen (secondary N) is 3. The second-order valence-corrected chi connectivity index (χ2v) is 7.74. The number of alkyl carbamates (subject to hydrolysis) is 1. The molecule has 0 aliphatic carbocycles. The first-order valence-corrected chi connectivity index (χ1v) is 10.0. The number of rotatable bonds is 8. The summed E-state index contributed by atoms with van der Waals surface area (Å²) in [5, 5.41) is 7.95. The number of hydrogen-bond donors (Lipinski definition) is 3. The van der Waals surface area contributed by atoms with Crippen molar-refractivity contribution in [1.82, 2.24) is 10.6 Å². The average molecular weight is 428 g/mol. The van der Waals surface area contributed by atoms with E-state index in [2.05, 4.69) is 16.0 Å². The Bertz CT molecular complexity index is 904. The first-order valence-electron chi connectivity index (χ1n) is 10.0. The van der Waals surface area contributed by atoms with E-state index >= 15 is 0 Å². The Kier molecular flexibility index (Phi) is 8.43. The Morgan fingerprint density at radius 1 is 0.968 bits per heavy atom. The van der Waals surface area contributed by atoms with Gasteiger partial charge in [-0.05, 0) is 69.7 Å². The molecule has 0 spiro atoms. The van der Waals surface area contributed by atoms with E-state index in [1.165, 1.54) is 0 Å². The van der Waals surface area contributed by atoms with Crippen molar-refractivity contribution in [2.45, 2.75) is 39.8 Å². The summed E-state index contributed by atoms with van der Waals surface area (Å²) in [6.45, 7) is 7.75. The Morgan fingerprint density at radius 3 is 2.32 bits per heavy atom. The van der Waals surface area contributed by atoms with Gasteiger partial charge in [0.25, 0.3) is 5.91 Å². The quantitative estimate of drug-likeness (QED) is 0.598. The van der Waals surface area contributed by atoms with Crippen molar-refractivity contribution in [3.05, 3.63) is 59.7 Å². The molecule has 8 heteroatoms. The fourth-order valence-corrected chi connectivity index (χ4v) is 2.56. The molecule has 8 nitrogen and oxygen atoms in total. The van der Waals surface area contributed by atoms with Gasteiger partial charge in [0.2, 0.25) is 5.91 Å². The third-order valence-corrected chi connectivity index (χ3v) is 3.89. The number of hydrogen-bond acceptors (Lipinski definition) is 5. The van der Waals surface area contributed by atoms with Gasteiger partial charge in [0, 0.05) is 17.8 Å². The van der Waals surface area contributed by atoms with Gasteiger partial charge in [0.15, 0.2) is 0 Å². The number of ether oxygens (including phenoxy) is 2. The van der Waals surface area contributed by atoms with Crippen LogP contribution in [0.2, 0.25) is 0 Å². The van der Waals surface area contributed by atoms with Crippen molar-refractivity contribution in [3.63, 3.8) is 0 Å². The summed E-state index contributed by atoms with van der Waals surface area (Å²) in [4.78, 5) is 36.0. The molecule has 0 bridgehead atoms. The third-order valence-electron chi connectivity index (χ3n) is 3.89. The van der Waals surface area contributed by atoms with E-state index in [0.29, 0.717) is 23.6 Å². The Labute approximate surface area is 182 Å². The van der Waals surface area contributed by atoms with E-state index in [1.54, 1.807) is 63.2 Å². The predicted molar refractivity (Wildman–Crippen MR) is 118 cm³/mol. The lowest BCUT2D eigenvalue weighted by Crippen LogP contribution is -2.39. The molecule has 2 aromatic rings. The molecule has 31 heavy (non-hydrogen) atoms. The lowest BCUT2D eigenvalue weighted by atomic mass is 10.1. The largest absolute Gasteiger partial charge is 0.494 e. The summed E-state index contributed by atoms with van der Waals surface area (Å²) in [7, 11) is 0. The minimum Gasteiger partial charge on any atom is -0.494 e. The highest BCUT2D eigenvalue weighted by molar-refractivity contribution is 6.04. The molecule has 0 aromatic heterocycles. The van der Waals surface area contributed by atoms with E-state index < -0.39 is 11.7 Å². The van der Waals surface area contributed by atoms with Gasteiger partial charge in [-0.15, -0.1) is 0 Å². The van der Waals surface area contributed by atoms with Gasteiger partial charge in [-0.3, -0.25) is 9.59 Å². The summed E-state index contributed by atoms with van der Waals surface area (Å²) in [6.07, 6.45) is -0.651. The summed E-state index contributed by atoms with van der Waals surface area (Å²) < 4.78 is 10.5. The van der Waals surface area contributed by atoms with Crippen LogP contribution < -0.4 is 20.7 Å². The minimum absolute atomic E-state index is 0.191. The molecule has 3 N–H and O–H groups in total. The Hall–Kier alpha value is -3.55. The highest BCUT2D eigenvalue weighted by Gasteiger charge is 2.16. The number of carbonyl (C=O) groups excluding carboxylic acids is 3. The van der Waals surface area contributed by atoms with Gasteiger partial charge in [-0.2, -0.15) is 0 Å². The van der Waals surface area contributed by atoms with E-state index in [0.717, 1.165) is 5.56 Å². The molecule has 0 saturated carbocycles. The molecular weight excluding hydrogens is 398 g/mol. The smallest absolute Gasteiger partial charge is 0.408 e. The van der Waals surface area contributed by atoms with Gasteiger partial charge in [-0.25, -0.2) is 4.79 Å². The maximum absolute atomic E-state index is 12.4. The standard InChI is InChI=1S/C23H29N3O5/c1-5-30-19-11-9-17(10-12-19)21(28)26-18-8-6-7-16(13-18)14-24-20(27)15-25-22(29)31-23(2,3)4/h6-13H,5,14-15H2,1-4H3,(H,24,27)(H,25,29)(H,26,28). The fourth-order valence-electron chi connectivity index (χ4n) is 2.56. The molecule has 3 amide bonds. The van der Waals surface area contributed by atoms with Gasteiger partial charge in [-0.1, -0.05) is 12.1 Å². The first-order chi connectivity index (χ1) is 14.7. The number of amides is 3. The lowest BCUT2D eigenvalue weighted by Gasteiger charge is -2.19. The van der Waals surface area contributed by atoms with Crippen LogP contribution in [0.3, 0.4) is 0 Å². The highest BCUT2D eigenvalue weighted by Crippen LogP contribution is 2.15. The van der Waals surface area contributed by atoms with Crippen LogP contribution in [0.25, 0.3) is 0 Å². The van der Waals surface area contributed by atoms with Gasteiger partial charge < -0.3 is 25.4 Å². The van der Waals surface area contributed by atoms with Crippen molar-refractivity contribution < 1.29 is 23.9 Å². The molecular formula is C23H29N3O5. The number of anilines is 1. The Balaban J connectivity index is 1.84. The molecule has 0 radical (unpaired) electrons. The molecule has 0 aliphatic rings. The maximum atomic E-state index is 12.4. The van der Waals surface area contributed by atoms with Crippen LogP contribution in [-0.2, 0) is 16.1 Å². The van der Waals surface area contributed by atoms with E-state index in [4.69, 9.17) is 9.47 Å². The monoisotopic (exact) mass is 427 g/mol. The molecule has 0 fully saturated rings. The molecule has 2 aromatic carbocycles. The van der Waals surface area contributed by atoms with Crippen LogP contribution in [0.4, 0.5) is 10.5 Å². The van der Waals surface area contributed by atoms with Crippen LogP contribution in [-0.4, -0.2) is 36.7 Å². The fraction of sp³-hybridized carbons (Fsp3) is 0.348. The second kappa shape index (κ2) is 11.0. The zero-order valence-corrected chi connectivity index (χ0v) is 18.3. The number of carbonyl (C=O) groups is 3. The normalized spacial score (nSPS) is 10.7. The first kappa shape index (κ1) is 23.7. The van der Waals surface area contributed by atoms with Crippen LogP contribution in [0.5, 0.6) is 5.75 Å².